The van der Waals surface area contributed by atoms with Gasteiger partial charge in [-0.15, -0.1) is 0 Å². The molecule has 0 bridgehead atoms. The number of hydrogen-bond acceptors (Lipinski definition) is 3. The summed E-state index contributed by atoms with van der Waals surface area (Å²) < 4.78 is 0. The summed E-state index contributed by atoms with van der Waals surface area (Å²) in [6.45, 7) is 0.466. The van der Waals surface area contributed by atoms with Crippen molar-refractivity contribution in [3.63, 3.8) is 0 Å². The van der Waals surface area contributed by atoms with Crippen LogP contribution in [-0.4, -0.2) is 23.5 Å². The Hall–Kier alpha value is -2.11. The number of benzene rings is 1. The van der Waals surface area contributed by atoms with Crippen LogP contribution >= 0.6 is 0 Å². The average Bonchev–Trinajstić information content (AvgIpc) is 2.30. The van der Waals surface area contributed by atoms with Gasteiger partial charge in [0.05, 0.1) is 0 Å². The van der Waals surface area contributed by atoms with Crippen LogP contribution in [0.2, 0.25) is 0 Å². The molecule has 0 spiro atoms. The highest BCUT2D eigenvalue weighted by Gasteiger charge is 2.35. The van der Waals surface area contributed by atoms with Crippen LogP contribution < -0.4 is 10.6 Å². The maximum absolute atomic E-state index is 11.2. The first-order valence-electron chi connectivity index (χ1n) is 5.41. The van der Waals surface area contributed by atoms with Gasteiger partial charge in [0.1, 0.15) is 6.04 Å². The van der Waals surface area contributed by atoms with Crippen LogP contribution in [0.1, 0.15) is 18.0 Å². The second-order valence-corrected chi connectivity index (χ2v) is 3.94. The highest BCUT2D eigenvalue weighted by atomic mass is 16.6. The summed E-state index contributed by atoms with van der Waals surface area (Å²) in [6, 6.07) is 7.06. The van der Waals surface area contributed by atoms with Crippen LogP contribution in [-0.2, 0) is 0 Å². The van der Waals surface area contributed by atoms with Gasteiger partial charge in [-0.2, -0.15) is 0 Å². The SMILES string of the molecule is O=C1NCCC(C(c2ccccc2)[N+](=O)[O-])N1. The minimum absolute atomic E-state index is 0.342. The van der Waals surface area contributed by atoms with Gasteiger partial charge >= 0.3 is 6.03 Å². The maximum Gasteiger partial charge on any atom is 0.315 e. The first-order valence-corrected chi connectivity index (χ1v) is 5.41. The van der Waals surface area contributed by atoms with Crippen LogP contribution in [0.3, 0.4) is 0 Å². The van der Waals surface area contributed by atoms with Crippen molar-refractivity contribution < 1.29 is 9.72 Å². The summed E-state index contributed by atoms with van der Waals surface area (Å²) >= 11 is 0. The zero-order valence-corrected chi connectivity index (χ0v) is 9.13. The van der Waals surface area contributed by atoms with Crippen molar-refractivity contribution in [3.05, 3.63) is 46.0 Å². The Morgan fingerprint density at radius 3 is 2.65 bits per heavy atom. The third-order valence-corrected chi connectivity index (χ3v) is 2.81. The number of nitrogens with one attached hydrogen (secondary N) is 2. The number of hydrogen-bond donors (Lipinski definition) is 2. The van der Waals surface area contributed by atoms with E-state index in [2.05, 4.69) is 10.6 Å². The molecule has 90 valence electrons. The fraction of sp³-hybridized carbons (Fsp3) is 0.364. The van der Waals surface area contributed by atoms with Crippen molar-refractivity contribution >= 4 is 6.03 Å². The van der Waals surface area contributed by atoms with Gasteiger partial charge in [-0.1, -0.05) is 30.3 Å². The average molecular weight is 235 g/mol. The van der Waals surface area contributed by atoms with Crippen molar-refractivity contribution in [2.75, 3.05) is 6.54 Å². The lowest BCUT2D eigenvalue weighted by atomic mass is 9.96. The minimum Gasteiger partial charge on any atom is -0.338 e. The molecule has 6 heteroatoms. The summed E-state index contributed by atoms with van der Waals surface area (Å²) in [5.41, 5.74) is 0.615. The van der Waals surface area contributed by atoms with Gasteiger partial charge in [-0.3, -0.25) is 10.1 Å². The van der Waals surface area contributed by atoms with Crippen LogP contribution in [0.15, 0.2) is 30.3 Å². The molecule has 1 aliphatic rings. The third-order valence-electron chi connectivity index (χ3n) is 2.81. The van der Waals surface area contributed by atoms with Crippen LogP contribution in [0.5, 0.6) is 0 Å². The fourth-order valence-corrected chi connectivity index (χ4v) is 2.02. The van der Waals surface area contributed by atoms with Gasteiger partial charge < -0.3 is 10.6 Å². The Balaban J connectivity index is 2.23. The molecule has 1 aromatic carbocycles. The number of amides is 2. The van der Waals surface area contributed by atoms with E-state index in [1.54, 1.807) is 24.3 Å². The molecule has 0 aromatic heterocycles. The number of carbonyl (C=O) groups excluding carboxylic acids is 1. The van der Waals surface area contributed by atoms with Crippen molar-refractivity contribution in [1.82, 2.24) is 10.6 Å². The number of nitro groups is 1. The van der Waals surface area contributed by atoms with Crippen molar-refractivity contribution in [1.29, 1.82) is 0 Å². The summed E-state index contributed by atoms with van der Waals surface area (Å²) in [4.78, 5) is 22.0. The van der Waals surface area contributed by atoms with Crippen LogP contribution in [0, 0.1) is 10.1 Å². The van der Waals surface area contributed by atoms with Crippen LogP contribution in [0.25, 0.3) is 0 Å². The molecular weight excluding hydrogens is 222 g/mol. The van der Waals surface area contributed by atoms with E-state index in [1.165, 1.54) is 0 Å². The van der Waals surface area contributed by atoms with Crippen molar-refractivity contribution in [2.45, 2.75) is 18.5 Å². The van der Waals surface area contributed by atoms with Gasteiger partial charge in [-0.25, -0.2) is 4.79 Å². The van der Waals surface area contributed by atoms with E-state index in [0.29, 0.717) is 18.5 Å². The maximum atomic E-state index is 11.2. The molecule has 2 rings (SSSR count). The van der Waals surface area contributed by atoms with E-state index < -0.39 is 12.1 Å². The van der Waals surface area contributed by atoms with E-state index in [4.69, 9.17) is 0 Å². The van der Waals surface area contributed by atoms with Crippen molar-refractivity contribution in [2.24, 2.45) is 0 Å². The van der Waals surface area contributed by atoms with Gasteiger partial charge in [0, 0.05) is 17.0 Å². The lowest BCUT2D eigenvalue weighted by Crippen LogP contribution is -2.52. The molecule has 1 heterocycles. The quantitative estimate of drug-likeness (QED) is 0.607. The first kappa shape index (κ1) is 11.4. The second kappa shape index (κ2) is 4.82. The largest absolute Gasteiger partial charge is 0.338 e. The summed E-state index contributed by atoms with van der Waals surface area (Å²) in [5, 5.41) is 16.3. The smallest absolute Gasteiger partial charge is 0.315 e. The number of nitrogens with zero attached hydrogens (tertiary/aromatic N) is 1. The lowest BCUT2D eigenvalue weighted by Gasteiger charge is -2.26. The molecule has 2 N–H and O–H groups in total. The Bertz CT molecular complexity index is 421. The number of urea groups is 1. The predicted octanol–water partition coefficient (Wildman–Crippen LogP) is 1.08. The molecule has 2 amide bonds. The van der Waals surface area contributed by atoms with Crippen molar-refractivity contribution in [3.8, 4) is 0 Å². The Labute approximate surface area is 98.2 Å². The molecule has 0 saturated carbocycles. The zero-order chi connectivity index (χ0) is 12.3. The molecule has 1 aromatic rings. The molecule has 1 saturated heterocycles. The molecule has 1 fully saturated rings. The number of carbonyl (C=O) groups is 1. The highest BCUT2D eigenvalue weighted by molar-refractivity contribution is 5.75. The second-order valence-electron chi connectivity index (χ2n) is 3.94. The van der Waals surface area contributed by atoms with Crippen LogP contribution in [0.4, 0.5) is 4.79 Å². The molecule has 2 atom stereocenters. The first-order chi connectivity index (χ1) is 8.18. The van der Waals surface area contributed by atoms with E-state index in [1.807, 2.05) is 6.07 Å². The zero-order valence-electron chi connectivity index (χ0n) is 9.13. The molecule has 17 heavy (non-hydrogen) atoms. The number of rotatable bonds is 3. The molecule has 0 radical (unpaired) electrons. The standard InChI is InChI=1S/C11H13N3O3/c15-11-12-7-6-9(13-11)10(14(16)17)8-4-2-1-3-5-8/h1-5,9-10H,6-7H2,(H2,12,13,15). The van der Waals surface area contributed by atoms with Gasteiger partial charge in [0.2, 0.25) is 0 Å². The Kier molecular flexibility index (Phi) is 3.22. The van der Waals surface area contributed by atoms with E-state index in [0.717, 1.165) is 0 Å². The van der Waals surface area contributed by atoms with Gasteiger partial charge in [-0.05, 0) is 6.42 Å². The van der Waals surface area contributed by atoms with E-state index in [9.17, 15) is 14.9 Å². The lowest BCUT2D eigenvalue weighted by molar-refractivity contribution is -0.533. The third kappa shape index (κ3) is 2.52. The highest BCUT2D eigenvalue weighted by Crippen LogP contribution is 2.23. The normalized spacial score (nSPS) is 21.2. The summed E-state index contributed by atoms with van der Waals surface area (Å²) in [7, 11) is 0. The molecule has 6 nitrogen and oxygen atoms in total. The fourth-order valence-electron chi connectivity index (χ4n) is 2.02. The monoisotopic (exact) mass is 235 g/mol. The summed E-state index contributed by atoms with van der Waals surface area (Å²) in [6.07, 6.45) is 0.548. The van der Waals surface area contributed by atoms with E-state index >= 15 is 0 Å². The van der Waals surface area contributed by atoms with Gasteiger partial charge in [0.15, 0.2) is 0 Å². The Morgan fingerprint density at radius 1 is 1.35 bits per heavy atom. The summed E-state index contributed by atoms with van der Waals surface area (Å²) in [5.74, 6) is 0. The minimum atomic E-state index is -0.887. The Morgan fingerprint density at radius 2 is 2.06 bits per heavy atom. The molecule has 1 aliphatic heterocycles. The predicted molar refractivity (Wildman–Crippen MR) is 61.1 cm³/mol. The topological polar surface area (TPSA) is 84.3 Å². The van der Waals surface area contributed by atoms with Gasteiger partial charge in [0.25, 0.3) is 6.04 Å². The van der Waals surface area contributed by atoms with E-state index in [-0.39, 0.29) is 11.0 Å². The molecular formula is C11H13N3O3. The molecule has 2 unspecified atom stereocenters. The molecule has 0 aliphatic carbocycles.